The molecule has 0 saturated heterocycles. The van der Waals surface area contributed by atoms with Crippen molar-refractivity contribution < 1.29 is 27.2 Å². The lowest BCUT2D eigenvalue weighted by Gasteiger charge is -2.26. The second kappa shape index (κ2) is 10.2. The monoisotopic (exact) mass is 524 g/mol. The van der Waals surface area contributed by atoms with Crippen molar-refractivity contribution in [3.63, 3.8) is 0 Å². The zero-order chi connectivity index (χ0) is 27.0. The zero-order valence-corrected chi connectivity index (χ0v) is 20.9. The molecular weight excluding hydrogens is 496 g/mol. The fraction of sp³-hybridized carbons (Fsp3) is 0.333. The Morgan fingerprint density at radius 2 is 1.74 bits per heavy atom. The fourth-order valence-electron chi connectivity index (χ4n) is 5.04. The molecule has 2 amide bonds. The molecule has 0 radical (unpaired) electrons. The molecular formula is C30H28F4N2O2. The highest BCUT2D eigenvalue weighted by Gasteiger charge is 2.45. The number of nitrogens with one attached hydrogen (secondary N) is 1. The van der Waals surface area contributed by atoms with E-state index in [1.165, 1.54) is 42.0 Å². The highest BCUT2D eigenvalue weighted by Crippen LogP contribution is 2.39. The molecule has 3 aromatic carbocycles. The predicted molar refractivity (Wildman–Crippen MR) is 136 cm³/mol. The molecule has 0 aromatic heterocycles. The van der Waals surface area contributed by atoms with Crippen molar-refractivity contribution in [3.05, 3.63) is 100 Å². The normalized spacial score (nSPS) is 16.8. The largest absolute Gasteiger partial charge is 0.392 e. The molecule has 8 heteroatoms. The zero-order valence-electron chi connectivity index (χ0n) is 20.9. The summed E-state index contributed by atoms with van der Waals surface area (Å²) in [6.45, 7) is 1.31. The molecule has 0 bridgehead atoms. The van der Waals surface area contributed by atoms with Crippen LogP contribution >= 0.6 is 0 Å². The van der Waals surface area contributed by atoms with Crippen LogP contribution in [0.15, 0.2) is 66.7 Å². The first-order valence-corrected chi connectivity index (χ1v) is 12.7. The Balaban J connectivity index is 1.33. The van der Waals surface area contributed by atoms with Gasteiger partial charge in [-0.05, 0) is 66.1 Å². The van der Waals surface area contributed by atoms with Crippen LogP contribution in [0.5, 0.6) is 0 Å². The summed E-state index contributed by atoms with van der Waals surface area (Å²) in [4.78, 5) is 27.4. The molecule has 0 unspecified atom stereocenters. The Morgan fingerprint density at radius 1 is 1.03 bits per heavy atom. The molecule has 2 atom stereocenters. The summed E-state index contributed by atoms with van der Waals surface area (Å²) >= 11 is 0. The number of alkyl halides is 3. The van der Waals surface area contributed by atoms with E-state index < -0.39 is 29.7 Å². The standard InChI is InChI=1S/C30H28F4N2O2/c1-18(30(32,33)34)27(28(37)35-23-5-2-4-21(15-23)14-19-8-9-19)22-12-10-20(11-13-22)16-36-17-25-24(29(36)38)6-3-7-26(25)31/h2-7,10-13,15,18-19,27H,8-9,14,16-17H2,1H3,(H,35,37)/t18-,27+/m1/s1. The average molecular weight is 525 g/mol. The number of carbonyl (C=O) groups is 2. The maximum atomic E-state index is 14.1. The summed E-state index contributed by atoms with van der Waals surface area (Å²) in [5.74, 6) is -4.20. The minimum absolute atomic E-state index is 0.124. The van der Waals surface area contributed by atoms with Gasteiger partial charge in [0, 0.05) is 23.4 Å². The van der Waals surface area contributed by atoms with Crippen LogP contribution in [0.2, 0.25) is 0 Å². The van der Waals surface area contributed by atoms with Gasteiger partial charge in [0.05, 0.1) is 18.4 Å². The van der Waals surface area contributed by atoms with Crippen LogP contribution in [0.4, 0.5) is 23.2 Å². The lowest BCUT2D eigenvalue weighted by Crippen LogP contribution is -2.34. The van der Waals surface area contributed by atoms with Crippen LogP contribution < -0.4 is 5.32 Å². The van der Waals surface area contributed by atoms with Crippen molar-refractivity contribution in [2.75, 3.05) is 5.32 Å². The second-order valence-corrected chi connectivity index (χ2v) is 10.3. The SMILES string of the molecule is C[C@H]([C@H](C(=O)Nc1cccc(CC2CC2)c1)c1ccc(CN2Cc3c(F)cccc3C2=O)cc1)C(F)(F)F. The van der Waals surface area contributed by atoms with Crippen molar-refractivity contribution in [2.24, 2.45) is 11.8 Å². The maximum Gasteiger partial charge on any atom is 0.392 e. The smallest absolute Gasteiger partial charge is 0.330 e. The van der Waals surface area contributed by atoms with Gasteiger partial charge in [0.1, 0.15) is 5.82 Å². The Labute approximate surface area is 218 Å². The Morgan fingerprint density at radius 3 is 2.39 bits per heavy atom. The van der Waals surface area contributed by atoms with Gasteiger partial charge in [-0.25, -0.2) is 4.39 Å². The Bertz CT molecular complexity index is 1350. The van der Waals surface area contributed by atoms with E-state index in [2.05, 4.69) is 5.32 Å². The van der Waals surface area contributed by atoms with E-state index in [0.717, 1.165) is 18.9 Å². The third-order valence-corrected chi connectivity index (χ3v) is 7.41. The van der Waals surface area contributed by atoms with E-state index in [1.54, 1.807) is 30.3 Å². The van der Waals surface area contributed by atoms with Crippen molar-refractivity contribution in [3.8, 4) is 0 Å². The van der Waals surface area contributed by atoms with Gasteiger partial charge in [0.2, 0.25) is 5.91 Å². The minimum atomic E-state index is -4.58. The predicted octanol–water partition coefficient (Wildman–Crippen LogP) is 6.85. The summed E-state index contributed by atoms with van der Waals surface area (Å²) < 4.78 is 55.5. The molecule has 1 saturated carbocycles. The Kier molecular flexibility index (Phi) is 6.99. The van der Waals surface area contributed by atoms with Gasteiger partial charge in [-0.2, -0.15) is 13.2 Å². The van der Waals surface area contributed by atoms with E-state index in [-0.39, 0.29) is 24.6 Å². The Hall–Kier alpha value is -3.68. The third-order valence-electron chi connectivity index (χ3n) is 7.41. The first-order valence-electron chi connectivity index (χ1n) is 12.7. The lowest BCUT2D eigenvalue weighted by atomic mass is 9.85. The number of benzene rings is 3. The lowest BCUT2D eigenvalue weighted by molar-refractivity contribution is -0.178. The molecule has 0 spiro atoms. The van der Waals surface area contributed by atoms with E-state index in [4.69, 9.17) is 0 Å². The van der Waals surface area contributed by atoms with Crippen molar-refractivity contribution in [1.29, 1.82) is 0 Å². The molecule has 38 heavy (non-hydrogen) atoms. The van der Waals surface area contributed by atoms with Gasteiger partial charge >= 0.3 is 6.18 Å². The number of hydrogen-bond acceptors (Lipinski definition) is 2. The van der Waals surface area contributed by atoms with Crippen LogP contribution in [0.1, 0.15) is 58.3 Å². The van der Waals surface area contributed by atoms with Crippen LogP contribution in [0.3, 0.4) is 0 Å². The fourth-order valence-corrected chi connectivity index (χ4v) is 5.04. The topological polar surface area (TPSA) is 49.4 Å². The van der Waals surface area contributed by atoms with Crippen LogP contribution in [0.25, 0.3) is 0 Å². The number of nitrogens with zero attached hydrogens (tertiary/aromatic N) is 1. The molecule has 198 valence electrons. The minimum Gasteiger partial charge on any atom is -0.330 e. The van der Waals surface area contributed by atoms with E-state index in [9.17, 15) is 27.2 Å². The van der Waals surface area contributed by atoms with Gasteiger partial charge < -0.3 is 10.2 Å². The molecule has 4 nitrogen and oxygen atoms in total. The first kappa shape index (κ1) is 25.9. The van der Waals surface area contributed by atoms with Gasteiger partial charge in [0.25, 0.3) is 5.91 Å². The van der Waals surface area contributed by atoms with Gasteiger partial charge in [-0.15, -0.1) is 0 Å². The summed E-state index contributed by atoms with van der Waals surface area (Å²) in [6.07, 6.45) is -1.34. The van der Waals surface area contributed by atoms with Crippen molar-refractivity contribution in [1.82, 2.24) is 4.90 Å². The summed E-state index contributed by atoms with van der Waals surface area (Å²) in [5.41, 5.74) is 3.08. The van der Waals surface area contributed by atoms with Gasteiger partial charge in [-0.3, -0.25) is 9.59 Å². The van der Waals surface area contributed by atoms with Crippen molar-refractivity contribution in [2.45, 2.75) is 51.4 Å². The number of anilines is 1. The highest BCUT2D eigenvalue weighted by atomic mass is 19.4. The number of fused-ring (bicyclic) bond motifs is 1. The second-order valence-electron chi connectivity index (χ2n) is 10.3. The molecule has 1 fully saturated rings. The number of carbonyl (C=O) groups excluding carboxylic acids is 2. The third kappa shape index (κ3) is 5.59. The number of amides is 2. The molecule has 2 aliphatic rings. The summed E-state index contributed by atoms with van der Waals surface area (Å²) in [5, 5.41) is 2.69. The van der Waals surface area contributed by atoms with Gasteiger partial charge in [-0.1, -0.05) is 49.4 Å². The summed E-state index contributed by atoms with van der Waals surface area (Å²) in [7, 11) is 0. The molecule has 5 rings (SSSR count). The molecule has 1 aliphatic heterocycles. The molecule has 1 N–H and O–H groups in total. The van der Waals surface area contributed by atoms with E-state index in [1.807, 2.05) is 12.1 Å². The average Bonchev–Trinajstić information content (AvgIpc) is 3.63. The first-order chi connectivity index (χ1) is 18.1. The number of rotatable bonds is 8. The highest BCUT2D eigenvalue weighted by molar-refractivity contribution is 5.98. The maximum absolute atomic E-state index is 14.1. The summed E-state index contributed by atoms with van der Waals surface area (Å²) in [6, 6.07) is 17.9. The van der Waals surface area contributed by atoms with Gasteiger partial charge in [0.15, 0.2) is 0 Å². The van der Waals surface area contributed by atoms with Crippen LogP contribution in [-0.4, -0.2) is 22.9 Å². The quantitative estimate of drug-likeness (QED) is 0.328. The molecule has 1 aliphatic carbocycles. The van der Waals surface area contributed by atoms with E-state index >= 15 is 0 Å². The van der Waals surface area contributed by atoms with Crippen molar-refractivity contribution >= 4 is 17.5 Å². The van der Waals surface area contributed by atoms with Crippen LogP contribution in [-0.2, 0) is 24.3 Å². The number of halogens is 4. The molecule has 3 aromatic rings. The van der Waals surface area contributed by atoms with Crippen LogP contribution in [0, 0.1) is 17.7 Å². The molecule has 1 heterocycles. The number of hydrogen-bond donors (Lipinski definition) is 1. The van der Waals surface area contributed by atoms with E-state index in [0.29, 0.717) is 28.3 Å².